The average Bonchev–Trinajstić information content (AvgIpc) is 2.44. The van der Waals surface area contributed by atoms with Crippen LogP contribution in [0.4, 0.5) is 0 Å². The summed E-state index contributed by atoms with van der Waals surface area (Å²) < 4.78 is 5.35. The van der Waals surface area contributed by atoms with E-state index < -0.39 is 0 Å². The Kier molecular flexibility index (Phi) is 7.58. The number of aromatic nitrogens is 1. The molecular formula is C14H23N3O2. The molecule has 0 spiro atoms. The first-order chi connectivity index (χ1) is 9.26. The van der Waals surface area contributed by atoms with Crippen molar-refractivity contribution < 1.29 is 9.53 Å². The first-order valence-electron chi connectivity index (χ1n) is 6.81. The van der Waals surface area contributed by atoms with Crippen LogP contribution in [0, 0.1) is 0 Å². The van der Waals surface area contributed by atoms with Gasteiger partial charge in [-0.05, 0) is 31.5 Å². The maximum absolute atomic E-state index is 11.4. The van der Waals surface area contributed by atoms with Crippen molar-refractivity contribution in [3.8, 4) is 5.75 Å². The Morgan fingerprint density at radius 2 is 2.05 bits per heavy atom. The molecule has 5 heteroatoms. The van der Waals surface area contributed by atoms with Crippen molar-refractivity contribution in [2.24, 2.45) is 0 Å². The summed E-state index contributed by atoms with van der Waals surface area (Å²) in [6.45, 7) is 6.59. The van der Waals surface area contributed by atoms with Gasteiger partial charge in [-0.2, -0.15) is 0 Å². The monoisotopic (exact) mass is 265 g/mol. The summed E-state index contributed by atoms with van der Waals surface area (Å²) in [4.78, 5) is 15.6. The molecule has 0 saturated carbocycles. The molecule has 0 aliphatic rings. The van der Waals surface area contributed by atoms with Crippen molar-refractivity contribution in [2.75, 3.05) is 19.7 Å². The van der Waals surface area contributed by atoms with Crippen molar-refractivity contribution in [1.82, 2.24) is 15.6 Å². The van der Waals surface area contributed by atoms with Gasteiger partial charge in [-0.15, -0.1) is 0 Å². The molecule has 0 atom stereocenters. The third-order valence-electron chi connectivity index (χ3n) is 2.47. The van der Waals surface area contributed by atoms with Gasteiger partial charge >= 0.3 is 0 Å². The van der Waals surface area contributed by atoms with E-state index in [0.717, 1.165) is 31.6 Å². The molecule has 1 aromatic heterocycles. The fourth-order valence-corrected chi connectivity index (χ4v) is 1.46. The molecule has 0 radical (unpaired) electrons. The van der Waals surface area contributed by atoms with Gasteiger partial charge in [-0.25, -0.2) is 0 Å². The number of carbonyl (C=O) groups excluding carboxylic acids is 1. The van der Waals surface area contributed by atoms with E-state index in [9.17, 15) is 4.79 Å². The van der Waals surface area contributed by atoms with Crippen molar-refractivity contribution >= 4 is 5.91 Å². The molecule has 1 heterocycles. The number of pyridine rings is 1. The molecule has 0 saturated heterocycles. The number of carbonyl (C=O) groups is 1. The van der Waals surface area contributed by atoms with Crippen molar-refractivity contribution in [2.45, 2.75) is 33.2 Å². The lowest BCUT2D eigenvalue weighted by atomic mass is 10.3. The Bertz CT molecular complexity index is 365. The van der Waals surface area contributed by atoms with Crippen molar-refractivity contribution in [1.29, 1.82) is 0 Å². The van der Waals surface area contributed by atoms with Crippen LogP contribution >= 0.6 is 0 Å². The predicted molar refractivity (Wildman–Crippen MR) is 75.0 cm³/mol. The maximum atomic E-state index is 11.4. The molecule has 106 valence electrons. The molecule has 0 fully saturated rings. The van der Waals surface area contributed by atoms with E-state index in [2.05, 4.69) is 22.5 Å². The van der Waals surface area contributed by atoms with E-state index in [1.165, 1.54) is 0 Å². The van der Waals surface area contributed by atoms with E-state index in [-0.39, 0.29) is 12.5 Å². The Balaban J connectivity index is 2.29. The first-order valence-corrected chi connectivity index (χ1v) is 6.81. The van der Waals surface area contributed by atoms with Crippen LogP contribution in [0.15, 0.2) is 18.3 Å². The second kappa shape index (κ2) is 9.33. The normalized spacial score (nSPS) is 10.2. The standard InChI is InChI=1S/C14H23N3O2/c1-3-7-15-9-12-5-6-13(10-17-12)19-11-14(18)16-8-4-2/h5-6,10,15H,3-4,7-9,11H2,1-2H3,(H,16,18). The molecule has 1 rings (SSSR count). The largest absolute Gasteiger partial charge is 0.482 e. The topological polar surface area (TPSA) is 63.2 Å². The zero-order chi connectivity index (χ0) is 13.9. The highest BCUT2D eigenvalue weighted by molar-refractivity contribution is 5.77. The molecule has 2 N–H and O–H groups in total. The minimum absolute atomic E-state index is 0.0368. The average molecular weight is 265 g/mol. The second-order valence-corrected chi connectivity index (χ2v) is 4.30. The van der Waals surface area contributed by atoms with Gasteiger partial charge in [0.05, 0.1) is 11.9 Å². The van der Waals surface area contributed by atoms with E-state index in [4.69, 9.17) is 4.74 Å². The quantitative estimate of drug-likeness (QED) is 0.664. The second-order valence-electron chi connectivity index (χ2n) is 4.30. The summed E-state index contributed by atoms with van der Waals surface area (Å²) in [5, 5.41) is 6.03. The number of hydrogen-bond acceptors (Lipinski definition) is 4. The molecule has 0 aliphatic carbocycles. The third-order valence-corrected chi connectivity index (χ3v) is 2.47. The van der Waals surface area contributed by atoms with Crippen LogP contribution in [-0.2, 0) is 11.3 Å². The molecular weight excluding hydrogens is 242 g/mol. The number of nitrogens with one attached hydrogen (secondary N) is 2. The Labute approximate surface area is 114 Å². The summed E-state index contributed by atoms with van der Waals surface area (Å²) in [5.41, 5.74) is 0.969. The molecule has 19 heavy (non-hydrogen) atoms. The summed E-state index contributed by atoms with van der Waals surface area (Å²) in [6.07, 6.45) is 3.68. The van der Waals surface area contributed by atoms with Crippen molar-refractivity contribution in [3.63, 3.8) is 0 Å². The van der Waals surface area contributed by atoms with Crippen LogP contribution in [0.5, 0.6) is 5.75 Å². The lowest BCUT2D eigenvalue weighted by Gasteiger charge is -2.07. The summed E-state index contributed by atoms with van der Waals surface area (Å²) in [5.74, 6) is 0.515. The smallest absolute Gasteiger partial charge is 0.257 e. The molecule has 0 bridgehead atoms. The molecule has 0 aromatic carbocycles. The molecule has 1 amide bonds. The van der Waals surface area contributed by atoms with Crippen molar-refractivity contribution in [3.05, 3.63) is 24.0 Å². The fraction of sp³-hybridized carbons (Fsp3) is 0.571. The molecule has 5 nitrogen and oxygen atoms in total. The van der Waals surface area contributed by atoms with Gasteiger partial charge in [-0.3, -0.25) is 9.78 Å². The highest BCUT2D eigenvalue weighted by Gasteiger charge is 2.02. The lowest BCUT2D eigenvalue weighted by Crippen LogP contribution is -2.29. The van der Waals surface area contributed by atoms with Crippen LogP contribution < -0.4 is 15.4 Å². The number of rotatable bonds is 9. The molecule has 0 aliphatic heterocycles. The van der Waals surface area contributed by atoms with Crippen LogP contribution in [-0.4, -0.2) is 30.6 Å². The van der Waals surface area contributed by atoms with E-state index >= 15 is 0 Å². The Morgan fingerprint density at radius 3 is 2.68 bits per heavy atom. The number of amides is 1. The molecule has 1 aromatic rings. The van der Waals surface area contributed by atoms with E-state index in [1.807, 2.05) is 19.1 Å². The minimum atomic E-state index is -0.101. The van der Waals surface area contributed by atoms with E-state index in [0.29, 0.717) is 12.3 Å². The Morgan fingerprint density at radius 1 is 1.26 bits per heavy atom. The number of ether oxygens (including phenoxy) is 1. The highest BCUT2D eigenvalue weighted by atomic mass is 16.5. The first kappa shape index (κ1) is 15.4. The number of nitrogens with zero attached hydrogens (tertiary/aromatic N) is 1. The maximum Gasteiger partial charge on any atom is 0.257 e. The summed E-state index contributed by atoms with van der Waals surface area (Å²) in [7, 11) is 0. The zero-order valence-corrected chi connectivity index (χ0v) is 11.7. The van der Waals surface area contributed by atoms with Gasteiger partial charge in [0.2, 0.25) is 0 Å². The highest BCUT2D eigenvalue weighted by Crippen LogP contribution is 2.08. The van der Waals surface area contributed by atoms with Gasteiger partial charge in [0.15, 0.2) is 6.61 Å². The SMILES string of the molecule is CCCNCc1ccc(OCC(=O)NCCC)cn1. The lowest BCUT2D eigenvalue weighted by molar-refractivity contribution is -0.123. The summed E-state index contributed by atoms with van der Waals surface area (Å²) in [6, 6.07) is 3.74. The van der Waals surface area contributed by atoms with Gasteiger partial charge in [0, 0.05) is 13.1 Å². The van der Waals surface area contributed by atoms with E-state index in [1.54, 1.807) is 6.20 Å². The summed E-state index contributed by atoms with van der Waals surface area (Å²) >= 11 is 0. The molecule has 0 unspecified atom stereocenters. The van der Waals surface area contributed by atoms with Gasteiger partial charge in [0.25, 0.3) is 5.91 Å². The van der Waals surface area contributed by atoms with Gasteiger partial charge < -0.3 is 15.4 Å². The van der Waals surface area contributed by atoms with Crippen LogP contribution in [0.1, 0.15) is 32.4 Å². The van der Waals surface area contributed by atoms with Crippen LogP contribution in [0.25, 0.3) is 0 Å². The predicted octanol–water partition coefficient (Wildman–Crippen LogP) is 1.49. The third kappa shape index (κ3) is 6.76. The van der Waals surface area contributed by atoms with Crippen LogP contribution in [0.2, 0.25) is 0 Å². The zero-order valence-electron chi connectivity index (χ0n) is 11.7. The number of hydrogen-bond donors (Lipinski definition) is 2. The fourth-order valence-electron chi connectivity index (χ4n) is 1.46. The Hall–Kier alpha value is -1.62. The van der Waals surface area contributed by atoms with Gasteiger partial charge in [-0.1, -0.05) is 13.8 Å². The minimum Gasteiger partial charge on any atom is -0.482 e. The van der Waals surface area contributed by atoms with Gasteiger partial charge in [0.1, 0.15) is 5.75 Å². The van der Waals surface area contributed by atoms with Crippen LogP contribution in [0.3, 0.4) is 0 Å².